The quantitative estimate of drug-likeness (QED) is 0.787. The summed E-state index contributed by atoms with van der Waals surface area (Å²) < 4.78 is 16.2. The van der Waals surface area contributed by atoms with Crippen molar-refractivity contribution in [2.45, 2.75) is 39.0 Å². The molecule has 1 fully saturated rings. The van der Waals surface area contributed by atoms with Crippen LogP contribution in [-0.2, 0) is 20.8 Å². The highest BCUT2D eigenvalue weighted by Crippen LogP contribution is 2.24. The Hall–Kier alpha value is -2.28. The molecule has 0 unspecified atom stereocenters. The van der Waals surface area contributed by atoms with Gasteiger partial charge in [0.05, 0.1) is 12.6 Å². The van der Waals surface area contributed by atoms with Crippen LogP contribution in [0.25, 0.3) is 0 Å². The van der Waals surface area contributed by atoms with Gasteiger partial charge in [-0.15, -0.1) is 0 Å². The van der Waals surface area contributed by atoms with Gasteiger partial charge in [-0.1, -0.05) is 30.3 Å². The molecule has 7 heteroatoms. The number of likely N-dealkylation sites (N-methyl/N-ethyl adjacent to an activating group) is 1. The van der Waals surface area contributed by atoms with Crippen molar-refractivity contribution in [1.82, 2.24) is 9.80 Å². The summed E-state index contributed by atoms with van der Waals surface area (Å²) in [5, 5.41) is 0. The standard InChI is InChI=1S/C20H30N2O5/c1-20(2,3)27-18(23)21(4)17-12-22(11-16(17)14-25-5)19(24)26-13-15-9-7-6-8-10-15/h6-10,16-17H,11-14H2,1-5H3/t16-,17+/m1/s1. The normalized spacial score (nSPS) is 19.7. The fourth-order valence-corrected chi connectivity index (χ4v) is 3.10. The van der Waals surface area contributed by atoms with Crippen LogP contribution >= 0.6 is 0 Å². The number of carbonyl (C=O) groups is 2. The average Bonchev–Trinajstić information content (AvgIpc) is 3.02. The summed E-state index contributed by atoms with van der Waals surface area (Å²) in [7, 11) is 3.31. The van der Waals surface area contributed by atoms with Gasteiger partial charge in [-0.05, 0) is 26.3 Å². The third-order valence-electron chi connectivity index (χ3n) is 4.43. The number of carbonyl (C=O) groups excluding carboxylic acids is 2. The molecule has 27 heavy (non-hydrogen) atoms. The zero-order chi connectivity index (χ0) is 20.0. The van der Waals surface area contributed by atoms with E-state index >= 15 is 0 Å². The van der Waals surface area contributed by atoms with Gasteiger partial charge in [0.15, 0.2) is 0 Å². The van der Waals surface area contributed by atoms with E-state index in [0.717, 1.165) is 5.56 Å². The second-order valence-corrected chi connectivity index (χ2v) is 7.82. The molecular formula is C20H30N2O5. The molecule has 1 aromatic rings. The summed E-state index contributed by atoms with van der Waals surface area (Å²) >= 11 is 0. The Labute approximate surface area is 161 Å². The molecule has 0 bridgehead atoms. The average molecular weight is 378 g/mol. The number of benzene rings is 1. The maximum Gasteiger partial charge on any atom is 0.410 e. The van der Waals surface area contributed by atoms with Crippen molar-refractivity contribution in [3.05, 3.63) is 35.9 Å². The monoisotopic (exact) mass is 378 g/mol. The number of ether oxygens (including phenoxy) is 3. The zero-order valence-corrected chi connectivity index (χ0v) is 16.8. The molecule has 2 atom stereocenters. The Kier molecular flexibility index (Phi) is 7.07. The molecule has 1 aliphatic heterocycles. The third kappa shape index (κ3) is 6.13. The fourth-order valence-electron chi connectivity index (χ4n) is 3.10. The van der Waals surface area contributed by atoms with E-state index in [1.165, 1.54) is 0 Å². The Bertz CT molecular complexity index is 629. The molecule has 1 saturated heterocycles. The lowest BCUT2D eigenvalue weighted by Crippen LogP contribution is -2.45. The molecule has 0 spiro atoms. The molecule has 1 aromatic carbocycles. The number of amides is 2. The van der Waals surface area contributed by atoms with Crippen molar-refractivity contribution in [2.75, 3.05) is 33.9 Å². The summed E-state index contributed by atoms with van der Waals surface area (Å²) in [6.45, 7) is 7.00. The van der Waals surface area contributed by atoms with E-state index in [2.05, 4.69) is 0 Å². The van der Waals surface area contributed by atoms with Crippen molar-refractivity contribution < 1.29 is 23.8 Å². The minimum absolute atomic E-state index is 0.00297. The molecule has 1 aliphatic rings. The second-order valence-electron chi connectivity index (χ2n) is 7.82. The maximum atomic E-state index is 12.5. The molecule has 0 saturated carbocycles. The van der Waals surface area contributed by atoms with Crippen LogP contribution in [0.4, 0.5) is 9.59 Å². The first-order valence-corrected chi connectivity index (χ1v) is 9.11. The number of hydrogen-bond donors (Lipinski definition) is 0. The zero-order valence-electron chi connectivity index (χ0n) is 16.8. The first kappa shape index (κ1) is 21.0. The highest BCUT2D eigenvalue weighted by molar-refractivity contribution is 5.70. The molecule has 0 aromatic heterocycles. The first-order chi connectivity index (χ1) is 12.7. The Morgan fingerprint density at radius 1 is 1.19 bits per heavy atom. The van der Waals surface area contributed by atoms with Gasteiger partial charge in [-0.2, -0.15) is 0 Å². The van der Waals surface area contributed by atoms with Crippen LogP contribution in [0.5, 0.6) is 0 Å². The summed E-state index contributed by atoms with van der Waals surface area (Å²) in [6.07, 6.45) is -0.798. The molecule has 2 amide bonds. The van der Waals surface area contributed by atoms with Crippen molar-refractivity contribution in [1.29, 1.82) is 0 Å². The van der Waals surface area contributed by atoms with Gasteiger partial charge < -0.3 is 24.0 Å². The van der Waals surface area contributed by atoms with E-state index in [9.17, 15) is 9.59 Å². The highest BCUT2D eigenvalue weighted by atomic mass is 16.6. The van der Waals surface area contributed by atoms with Crippen LogP contribution in [0, 0.1) is 5.92 Å². The van der Waals surface area contributed by atoms with Gasteiger partial charge in [0.2, 0.25) is 0 Å². The molecule has 7 nitrogen and oxygen atoms in total. The van der Waals surface area contributed by atoms with Crippen LogP contribution in [0.2, 0.25) is 0 Å². The van der Waals surface area contributed by atoms with Crippen molar-refractivity contribution in [3.63, 3.8) is 0 Å². The number of methoxy groups -OCH3 is 1. The number of rotatable bonds is 5. The van der Waals surface area contributed by atoms with Crippen molar-refractivity contribution in [2.24, 2.45) is 5.92 Å². The van der Waals surface area contributed by atoms with Gasteiger partial charge in [0.1, 0.15) is 12.2 Å². The predicted molar refractivity (Wildman–Crippen MR) is 101 cm³/mol. The molecule has 0 N–H and O–H groups in total. The van der Waals surface area contributed by atoms with E-state index in [1.807, 2.05) is 51.1 Å². The smallest absolute Gasteiger partial charge is 0.410 e. The largest absolute Gasteiger partial charge is 0.445 e. The van der Waals surface area contributed by atoms with Gasteiger partial charge in [0, 0.05) is 33.2 Å². The van der Waals surface area contributed by atoms with Gasteiger partial charge >= 0.3 is 12.2 Å². The predicted octanol–water partition coefficient (Wildman–Crippen LogP) is 3.14. The Balaban J connectivity index is 1.98. The Morgan fingerprint density at radius 3 is 2.44 bits per heavy atom. The fraction of sp³-hybridized carbons (Fsp3) is 0.600. The molecule has 0 radical (unpaired) electrons. The lowest BCUT2D eigenvalue weighted by molar-refractivity contribution is 0.0157. The van der Waals surface area contributed by atoms with E-state index < -0.39 is 11.7 Å². The van der Waals surface area contributed by atoms with Gasteiger partial charge in [-0.25, -0.2) is 9.59 Å². The first-order valence-electron chi connectivity index (χ1n) is 9.11. The molecule has 0 aliphatic carbocycles. The Morgan fingerprint density at radius 2 is 1.85 bits per heavy atom. The van der Waals surface area contributed by atoms with E-state index in [1.54, 1.807) is 24.0 Å². The minimum Gasteiger partial charge on any atom is -0.445 e. The van der Waals surface area contributed by atoms with Crippen LogP contribution in [0.1, 0.15) is 26.3 Å². The number of hydrogen-bond acceptors (Lipinski definition) is 5. The summed E-state index contributed by atoms with van der Waals surface area (Å²) in [5.41, 5.74) is 0.357. The van der Waals surface area contributed by atoms with E-state index in [0.29, 0.717) is 19.7 Å². The highest BCUT2D eigenvalue weighted by Gasteiger charge is 2.40. The number of nitrogens with zero attached hydrogens (tertiary/aromatic N) is 2. The lowest BCUT2D eigenvalue weighted by atomic mass is 10.0. The topological polar surface area (TPSA) is 68.3 Å². The second kappa shape index (κ2) is 9.08. The van der Waals surface area contributed by atoms with Crippen molar-refractivity contribution in [3.8, 4) is 0 Å². The van der Waals surface area contributed by atoms with Crippen LogP contribution in [0.3, 0.4) is 0 Å². The summed E-state index contributed by atoms with van der Waals surface area (Å²) in [4.78, 5) is 28.1. The van der Waals surface area contributed by atoms with E-state index in [-0.39, 0.29) is 24.7 Å². The van der Waals surface area contributed by atoms with Gasteiger partial charge in [0.25, 0.3) is 0 Å². The molecule has 150 valence electrons. The van der Waals surface area contributed by atoms with E-state index in [4.69, 9.17) is 14.2 Å². The molecule has 1 heterocycles. The van der Waals surface area contributed by atoms with Crippen molar-refractivity contribution >= 4 is 12.2 Å². The minimum atomic E-state index is -0.574. The summed E-state index contributed by atoms with van der Waals surface area (Å²) in [6, 6.07) is 9.34. The van der Waals surface area contributed by atoms with Gasteiger partial charge in [-0.3, -0.25) is 0 Å². The SMILES string of the molecule is COC[C@H]1CN(C(=O)OCc2ccccc2)C[C@@H]1N(C)C(=O)OC(C)(C)C. The number of likely N-dealkylation sites (tertiary alicyclic amines) is 1. The van der Waals surface area contributed by atoms with Crippen LogP contribution in [0.15, 0.2) is 30.3 Å². The molecular weight excluding hydrogens is 348 g/mol. The maximum absolute atomic E-state index is 12.5. The van der Waals surface area contributed by atoms with Crippen LogP contribution < -0.4 is 0 Å². The van der Waals surface area contributed by atoms with Crippen LogP contribution in [-0.4, -0.2) is 67.5 Å². The summed E-state index contributed by atoms with van der Waals surface area (Å²) in [5.74, 6) is -0.00297. The molecule has 2 rings (SSSR count). The third-order valence-corrected chi connectivity index (χ3v) is 4.43. The lowest BCUT2D eigenvalue weighted by Gasteiger charge is -2.30.